The molecule has 1 rings (SSSR count). The van der Waals surface area contributed by atoms with Gasteiger partial charge in [0.05, 0.1) is 13.2 Å². The quantitative estimate of drug-likeness (QED) is 0.584. The minimum atomic E-state index is -0.499. The van der Waals surface area contributed by atoms with Crippen LogP contribution in [0.2, 0.25) is 0 Å². The Balaban J connectivity index is 2.68. The van der Waals surface area contributed by atoms with Crippen molar-refractivity contribution >= 4 is 11.8 Å². The summed E-state index contributed by atoms with van der Waals surface area (Å²) in [6, 6.07) is 0. The molecule has 0 aliphatic heterocycles. The summed E-state index contributed by atoms with van der Waals surface area (Å²) in [4.78, 5) is 19.5. The molecule has 0 bridgehead atoms. The number of nitrogens with zero attached hydrogens (tertiary/aromatic N) is 2. The Hall–Kier alpha value is -1.69. The molecule has 1 heterocycles. The number of aromatic nitrogens is 2. The molecule has 6 heteroatoms. The molecular weight excluding hydrogens is 222 g/mol. The predicted octanol–water partition coefficient (Wildman–Crippen LogP) is 0.815. The number of ether oxygens (including phenoxy) is 2. The zero-order valence-electron chi connectivity index (χ0n) is 10.1. The number of nitrogen functional groups attached to an aromatic ring is 1. The monoisotopic (exact) mass is 239 g/mol. The van der Waals surface area contributed by atoms with Crippen molar-refractivity contribution in [2.45, 2.75) is 20.3 Å². The van der Waals surface area contributed by atoms with Gasteiger partial charge < -0.3 is 15.2 Å². The van der Waals surface area contributed by atoms with E-state index < -0.39 is 5.97 Å². The first-order valence-corrected chi connectivity index (χ1v) is 5.55. The van der Waals surface area contributed by atoms with Crippen LogP contribution in [0, 0.1) is 0 Å². The third-order valence-electron chi connectivity index (χ3n) is 2.04. The summed E-state index contributed by atoms with van der Waals surface area (Å²) in [6.45, 7) is 5.12. The number of anilines is 1. The first kappa shape index (κ1) is 13.4. The van der Waals surface area contributed by atoms with Gasteiger partial charge in [0.2, 0.25) is 0 Å². The Kier molecular flexibility index (Phi) is 5.35. The van der Waals surface area contributed by atoms with Crippen LogP contribution < -0.4 is 5.73 Å². The Morgan fingerprint density at radius 1 is 1.41 bits per heavy atom. The summed E-state index contributed by atoms with van der Waals surface area (Å²) in [6.07, 6.45) is 1.96. The fourth-order valence-electron chi connectivity index (χ4n) is 1.23. The van der Waals surface area contributed by atoms with Crippen LogP contribution in [0.5, 0.6) is 0 Å². The Morgan fingerprint density at radius 2 is 2.18 bits per heavy atom. The molecule has 17 heavy (non-hydrogen) atoms. The number of carbonyl (C=O) groups excluding carboxylic acids is 1. The lowest BCUT2D eigenvalue weighted by atomic mass is 10.3. The van der Waals surface area contributed by atoms with Gasteiger partial charge in [-0.2, -0.15) is 0 Å². The first-order chi connectivity index (χ1) is 8.19. The Bertz CT molecular complexity index is 382. The maximum Gasteiger partial charge on any atom is 0.343 e. The highest BCUT2D eigenvalue weighted by Crippen LogP contribution is 2.09. The molecule has 0 spiro atoms. The lowest BCUT2D eigenvalue weighted by Crippen LogP contribution is -2.12. The van der Waals surface area contributed by atoms with E-state index in [0.717, 1.165) is 0 Å². The molecule has 0 saturated heterocycles. The van der Waals surface area contributed by atoms with Crippen LogP contribution in [0.3, 0.4) is 0 Å². The van der Waals surface area contributed by atoms with Gasteiger partial charge in [-0.3, -0.25) is 0 Å². The van der Waals surface area contributed by atoms with Crippen molar-refractivity contribution in [3.8, 4) is 0 Å². The highest BCUT2D eigenvalue weighted by molar-refractivity contribution is 5.93. The molecule has 0 fully saturated rings. The molecule has 0 aliphatic rings. The van der Waals surface area contributed by atoms with Gasteiger partial charge in [0.25, 0.3) is 0 Å². The predicted molar refractivity (Wildman–Crippen MR) is 62.6 cm³/mol. The topological polar surface area (TPSA) is 87.3 Å². The van der Waals surface area contributed by atoms with E-state index in [1.54, 1.807) is 6.92 Å². The summed E-state index contributed by atoms with van der Waals surface area (Å²) in [5.74, 6) is 0.204. The van der Waals surface area contributed by atoms with Crippen molar-refractivity contribution in [1.82, 2.24) is 9.97 Å². The highest BCUT2D eigenvalue weighted by Gasteiger charge is 2.13. The van der Waals surface area contributed by atoms with E-state index in [-0.39, 0.29) is 11.4 Å². The van der Waals surface area contributed by atoms with Gasteiger partial charge in [-0.05, 0) is 13.8 Å². The van der Waals surface area contributed by atoms with Crippen LogP contribution in [-0.2, 0) is 15.9 Å². The van der Waals surface area contributed by atoms with Gasteiger partial charge in [-0.15, -0.1) is 0 Å². The third-order valence-corrected chi connectivity index (χ3v) is 2.04. The van der Waals surface area contributed by atoms with E-state index in [1.165, 1.54) is 6.20 Å². The third kappa shape index (κ3) is 3.99. The average molecular weight is 239 g/mol. The largest absolute Gasteiger partial charge is 0.462 e. The molecule has 0 aliphatic carbocycles. The van der Waals surface area contributed by atoms with E-state index in [1.807, 2.05) is 6.92 Å². The zero-order chi connectivity index (χ0) is 12.7. The molecule has 0 atom stereocenters. The minimum absolute atomic E-state index is 0.143. The number of nitrogens with two attached hydrogens (primary N) is 1. The summed E-state index contributed by atoms with van der Waals surface area (Å²) in [7, 11) is 0. The van der Waals surface area contributed by atoms with Crippen LogP contribution in [0.1, 0.15) is 30.0 Å². The highest BCUT2D eigenvalue weighted by atomic mass is 16.5. The summed E-state index contributed by atoms with van der Waals surface area (Å²) in [5, 5.41) is 0. The van der Waals surface area contributed by atoms with Crippen LogP contribution in [-0.4, -0.2) is 35.8 Å². The Labute approximate surface area is 100 Å². The van der Waals surface area contributed by atoms with Crippen molar-refractivity contribution in [2.75, 3.05) is 25.6 Å². The Morgan fingerprint density at radius 3 is 2.76 bits per heavy atom. The molecule has 2 N–H and O–H groups in total. The molecule has 0 unspecified atom stereocenters. The molecular formula is C11H17N3O3. The standard InChI is InChI=1S/C11H17N3O3/c1-3-16-6-5-9-13-7-8(10(12)14-9)11(15)17-4-2/h7H,3-6H2,1-2H3,(H2,12,13,14). The number of esters is 1. The van der Waals surface area contributed by atoms with Gasteiger partial charge in [-0.1, -0.05) is 0 Å². The molecule has 94 valence electrons. The van der Waals surface area contributed by atoms with E-state index in [0.29, 0.717) is 32.1 Å². The van der Waals surface area contributed by atoms with E-state index >= 15 is 0 Å². The van der Waals surface area contributed by atoms with Gasteiger partial charge in [0.1, 0.15) is 17.2 Å². The molecule has 6 nitrogen and oxygen atoms in total. The van der Waals surface area contributed by atoms with E-state index in [9.17, 15) is 4.79 Å². The molecule has 1 aromatic rings. The van der Waals surface area contributed by atoms with E-state index in [4.69, 9.17) is 15.2 Å². The molecule has 0 saturated carbocycles. The number of hydrogen-bond donors (Lipinski definition) is 1. The van der Waals surface area contributed by atoms with Crippen molar-refractivity contribution < 1.29 is 14.3 Å². The SMILES string of the molecule is CCOCCc1ncc(C(=O)OCC)c(N)n1. The van der Waals surface area contributed by atoms with Crippen LogP contribution in [0.4, 0.5) is 5.82 Å². The second-order valence-electron chi connectivity index (χ2n) is 3.25. The fraction of sp³-hybridized carbons (Fsp3) is 0.545. The van der Waals surface area contributed by atoms with Crippen molar-refractivity contribution in [2.24, 2.45) is 0 Å². The summed E-state index contributed by atoms with van der Waals surface area (Å²) < 4.78 is 10.0. The molecule has 0 aromatic carbocycles. The zero-order valence-corrected chi connectivity index (χ0v) is 10.1. The van der Waals surface area contributed by atoms with Gasteiger partial charge in [0, 0.05) is 19.2 Å². The maximum absolute atomic E-state index is 11.4. The van der Waals surface area contributed by atoms with Gasteiger partial charge in [-0.25, -0.2) is 14.8 Å². The number of hydrogen-bond acceptors (Lipinski definition) is 6. The molecule has 0 radical (unpaired) electrons. The normalized spacial score (nSPS) is 10.2. The maximum atomic E-state index is 11.4. The first-order valence-electron chi connectivity index (χ1n) is 5.55. The lowest BCUT2D eigenvalue weighted by Gasteiger charge is -2.06. The molecule has 0 amide bonds. The van der Waals surface area contributed by atoms with Crippen molar-refractivity contribution in [1.29, 1.82) is 0 Å². The van der Waals surface area contributed by atoms with Crippen LogP contribution >= 0.6 is 0 Å². The van der Waals surface area contributed by atoms with Gasteiger partial charge >= 0.3 is 5.97 Å². The van der Waals surface area contributed by atoms with E-state index in [2.05, 4.69) is 9.97 Å². The smallest absolute Gasteiger partial charge is 0.343 e. The van der Waals surface area contributed by atoms with Crippen LogP contribution in [0.25, 0.3) is 0 Å². The average Bonchev–Trinajstić information content (AvgIpc) is 2.29. The van der Waals surface area contributed by atoms with Gasteiger partial charge in [0.15, 0.2) is 0 Å². The van der Waals surface area contributed by atoms with Crippen molar-refractivity contribution in [3.05, 3.63) is 17.6 Å². The minimum Gasteiger partial charge on any atom is -0.462 e. The van der Waals surface area contributed by atoms with Crippen LogP contribution in [0.15, 0.2) is 6.20 Å². The second kappa shape index (κ2) is 6.80. The summed E-state index contributed by atoms with van der Waals surface area (Å²) in [5.41, 5.74) is 5.86. The molecule has 1 aromatic heterocycles. The number of carbonyl (C=O) groups is 1. The number of rotatable bonds is 6. The second-order valence-corrected chi connectivity index (χ2v) is 3.25. The fourth-order valence-corrected chi connectivity index (χ4v) is 1.23. The summed E-state index contributed by atoms with van der Waals surface area (Å²) >= 11 is 0. The van der Waals surface area contributed by atoms with Crippen molar-refractivity contribution in [3.63, 3.8) is 0 Å². The lowest BCUT2D eigenvalue weighted by molar-refractivity contribution is 0.0526.